The van der Waals surface area contributed by atoms with Gasteiger partial charge in [0.15, 0.2) is 0 Å². The summed E-state index contributed by atoms with van der Waals surface area (Å²) in [5.41, 5.74) is 18.8. The molecule has 0 unspecified atom stereocenters. The number of likely N-dealkylation sites (N-methyl/N-ethyl adjacent to an activating group) is 1. The molecule has 0 spiro atoms. The van der Waals surface area contributed by atoms with Crippen LogP contribution in [0.4, 0.5) is 11.4 Å². The summed E-state index contributed by atoms with van der Waals surface area (Å²) >= 11 is 0. The number of aliphatic imine (C=N–C) groups is 1. The van der Waals surface area contributed by atoms with Gasteiger partial charge in [-0.25, -0.2) is 4.99 Å². The van der Waals surface area contributed by atoms with E-state index in [1.165, 1.54) is 18.4 Å². The van der Waals surface area contributed by atoms with E-state index >= 15 is 0 Å². The first-order valence-electron chi connectivity index (χ1n) is 15.3. The van der Waals surface area contributed by atoms with Crippen molar-refractivity contribution in [3.05, 3.63) is 121 Å². The first-order chi connectivity index (χ1) is 21.6. The van der Waals surface area contributed by atoms with Crippen LogP contribution in [0.25, 0.3) is 22.5 Å². The molecule has 0 radical (unpaired) electrons. The van der Waals surface area contributed by atoms with Crippen LogP contribution in [0.15, 0.2) is 103 Å². The molecule has 3 aromatic rings. The lowest BCUT2D eigenvalue weighted by molar-refractivity contribution is 0.466. The Labute approximate surface area is 267 Å². The Morgan fingerprint density at radius 1 is 1.09 bits per heavy atom. The van der Waals surface area contributed by atoms with Gasteiger partial charge in [-0.15, -0.1) is 0 Å². The molecule has 1 saturated heterocycles. The molecule has 3 N–H and O–H groups in total. The summed E-state index contributed by atoms with van der Waals surface area (Å²) < 4.78 is 0. The standard InChI is InChI=1S/C37H44N8/c1-24(38)18-35(25(2)26(3)39-6)42-34-13-11-12-32-33-21-41-36(20-30(33)22-44(8)37(32)34)28(5)43(7)23-31-19-29(14-15-40-31)27(4)45-16-9-10-17-45/h11-15,18-21,39H,2-5,9-10,16-17,22-23,38H2,1,6-8H3/b24-18-,42-35?. The zero-order valence-corrected chi connectivity index (χ0v) is 27.0. The molecule has 2 aliphatic heterocycles. The molecule has 45 heavy (non-hydrogen) atoms. The predicted octanol–water partition coefficient (Wildman–Crippen LogP) is 6.49. The molecule has 8 nitrogen and oxygen atoms in total. The van der Waals surface area contributed by atoms with E-state index in [1.807, 2.05) is 57.7 Å². The van der Waals surface area contributed by atoms with Gasteiger partial charge in [-0.2, -0.15) is 0 Å². The van der Waals surface area contributed by atoms with Crippen LogP contribution >= 0.6 is 0 Å². The largest absolute Gasteiger partial charge is 0.402 e. The van der Waals surface area contributed by atoms with Crippen molar-refractivity contribution >= 4 is 28.5 Å². The second-order valence-electron chi connectivity index (χ2n) is 11.8. The molecule has 0 bridgehead atoms. The van der Waals surface area contributed by atoms with Crippen LogP contribution in [0.1, 0.15) is 42.3 Å². The fraction of sp³-hybridized carbons (Fsp3) is 0.270. The minimum atomic E-state index is 0.618. The van der Waals surface area contributed by atoms with Gasteiger partial charge < -0.3 is 25.8 Å². The highest BCUT2D eigenvalue weighted by Crippen LogP contribution is 2.44. The van der Waals surface area contributed by atoms with E-state index in [2.05, 4.69) is 76.6 Å². The Morgan fingerprint density at radius 2 is 1.84 bits per heavy atom. The summed E-state index contributed by atoms with van der Waals surface area (Å²) in [6.45, 7) is 22.3. The maximum atomic E-state index is 6.05. The summed E-state index contributed by atoms with van der Waals surface area (Å²) in [4.78, 5) is 21.2. The number of nitrogens with zero attached hydrogens (tertiary/aromatic N) is 6. The van der Waals surface area contributed by atoms with Gasteiger partial charge >= 0.3 is 0 Å². The van der Waals surface area contributed by atoms with Gasteiger partial charge in [0, 0.05) is 92.5 Å². The fourth-order valence-corrected chi connectivity index (χ4v) is 5.89. The molecule has 0 atom stereocenters. The highest BCUT2D eigenvalue weighted by atomic mass is 15.2. The third-order valence-corrected chi connectivity index (χ3v) is 8.46. The SMILES string of the molecule is C=C(NC)C(=C)C(/C=C(/C)N)=Nc1cccc2c1N(C)Cc1cc(C(=C)N(C)Cc3cc(C(=C)N4CCCC4)ccn3)ncc1-2. The number of hydrogen-bond acceptors (Lipinski definition) is 8. The van der Waals surface area contributed by atoms with Gasteiger partial charge in [0.25, 0.3) is 0 Å². The minimum absolute atomic E-state index is 0.618. The Morgan fingerprint density at radius 3 is 2.56 bits per heavy atom. The summed E-state index contributed by atoms with van der Waals surface area (Å²) in [5.74, 6) is 0. The number of aromatic nitrogens is 2. The Hall–Kier alpha value is -5.11. The summed E-state index contributed by atoms with van der Waals surface area (Å²) in [7, 11) is 5.93. The van der Waals surface area contributed by atoms with Crippen LogP contribution in [0.3, 0.4) is 0 Å². The highest BCUT2D eigenvalue weighted by Gasteiger charge is 2.24. The predicted molar refractivity (Wildman–Crippen MR) is 189 cm³/mol. The van der Waals surface area contributed by atoms with Gasteiger partial charge in [0.2, 0.25) is 0 Å². The number of likely N-dealkylation sites (tertiary alicyclic amines) is 1. The van der Waals surface area contributed by atoms with Crippen LogP contribution < -0.4 is 16.0 Å². The van der Waals surface area contributed by atoms with Crippen LogP contribution in [0, 0.1) is 0 Å². The fourth-order valence-electron chi connectivity index (χ4n) is 5.89. The molecule has 1 aromatic carbocycles. The number of benzene rings is 1. The van der Waals surface area contributed by atoms with Crippen LogP contribution in [-0.4, -0.2) is 59.7 Å². The van der Waals surface area contributed by atoms with Crippen LogP contribution in [0.2, 0.25) is 0 Å². The van der Waals surface area contributed by atoms with E-state index in [1.54, 1.807) is 0 Å². The van der Waals surface area contributed by atoms with Gasteiger partial charge in [0.1, 0.15) is 0 Å². The van der Waals surface area contributed by atoms with Crippen molar-refractivity contribution in [3.63, 3.8) is 0 Å². The molecule has 232 valence electrons. The smallest absolute Gasteiger partial charge is 0.0877 e. The lowest BCUT2D eigenvalue weighted by Crippen LogP contribution is -2.23. The Kier molecular flexibility index (Phi) is 9.23. The van der Waals surface area contributed by atoms with Gasteiger partial charge in [-0.3, -0.25) is 9.97 Å². The van der Waals surface area contributed by atoms with E-state index < -0.39 is 0 Å². The maximum Gasteiger partial charge on any atom is 0.0877 e. The average Bonchev–Trinajstić information content (AvgIpc) is 3.58. The van der Waals surface area contributed by atoms with E-state index in [-0.39, 0.29) is 0 Å². The van der Waals surface area contributed by atoms with E-state index in [9.17, 15) is 0 Å². The van der Waals surface area contributed by atoms with Crippen molar-refractivity contribution in [1.29, 1.82) is 0 Å². The quantitative estimate of drug-likeness (QED) is 0.192. The number of nitrogens with one attached hydrogen (secondary N) is 1. The van der Waals surface area contributed by atoms with Crippen molar-refractivity contribution in [2.24, 2.45) is 10.7 Å². The number of fused-ring (bicyclic) bond motifs is 3. The van der Waals surface area contributed by atoms with Gasteiger partial charge in [-0.1, -0.05) is 38.4 Å². The van der Waals surface area contributed by atoms with Crippen molar-refractivity contribution in [2.75, 3.05) is 39.1 Å². The molecule has 2 aromatic heterocycles. The van der Waals surface area contributed by atoms with Gasteiger partial charge in [0.05, 0.1) is 40.7 Å². The van der Waals surface area contributed by atoms with Crippen LogP contribution in [-0.2, 0) is 13.1 Å². The highest BCUT2D eigenvalue weighted by molar-refractivity contribution is 6.13. The molecule has 2 aliphatic rings. The number of nitrogens with two attached hydrogens (primary N) is 1. The molecule has 5 rings (SSSR count). The second kappa shape index (κ2) is 13.3. The zero-order valence-electron chi connectivity index (χ0n) is 27.0. The summed E-state index contributed by atoms with van der Waals surface area (Å²) in [5, 5.41) is 3.06. The van der Waals surface area contributed by atoms with E-state index in [4.69, 9.17) is 15.7 Å². The minimum Gasteiger partial charge on any atom is -0.402 e. The van der Waals surface area contributed by atoms with Crippen molar-refractivity contribution < 1.29 is 0 Å². The number of para-hydroxylation sites is 1. The third-order valence-electron chi connectivity index (χ3n) is 8.46. The van der Waals surface area contributed by atoms with Crippen LogP contribution in [0.5, 0.6) is 0 Å². The molecular weight excluding hydrogens is 556 g/mol. The molecule has 0 amide bonds. The lowest BCUT2D eigenvalue weighted by Gasteiger charge is -2.31. The molecule has 4 heterocycles. The maximum absolute atomic E-state index is 6.05. The number of rotatable bonds is 11. The van der Waals surface area contributed by atoms with E-state index in [0.717, 1.165) is 63.9 Å². The van der Waals surface area contributed by atoms with Crippen molar-refractivity contribution in [2.45, 2.75) is 32.9 Å². The summed E-state index contributed by atoms with van der Waals surface area (Å²) in [6.07, 6.45) is 8.09. The van der Waals surface area contributed by atoms with Crippen molar-refractivity contribution in [3.8, 4) is 11.1 Å². The number of anilines is 1. The second-order valence-corrected chi connectivity index (χ2v) is 11.8. The molecule has 8 heteroatoms. The Bertz CT molecular complexity index is 1720. The first-order valence-corrected chi connectivity index (χ1v) is 15.3. The average molecular weight is 601 g/mol. The number of pyridine rings is 2. The third kappa shape index (κ3) is 6.70. The molecule has 0 aliphatic carbocycles. The van der Waals surface area contributed by atoms with Crippen molar-refractivity contribution in [1.82, 2.24) is 25.1 Å². The molecule has 1 fully saturated rings. The zero-order chi connectivity index (χ0) is 32.2. The molecule has 0 saturated carbocycles. The number of hydrogen-bond donors (Lipinski definition) is 2. The van der Waals surface area contributed by atoms with E-state index in [0.29, 0.717) is 35.8 Å². The summed E-state index contributed by atoms with van der Waals surface area (Å²) in [6, 6.07) is 12.5. The monoisotopic (exact) mass is 600 g/mol. The first kappa shape index (κ1) is 31.3. The Balaban J connectivity index is 1.40. The lowest BCUT2D eigenvalue weighted by atomic mass is 9.93. The topological polar surface area (TPSA) is 85.9 Å². The number of allylic oxidation sites excluding steroid dienone is 3. The molecular formula is C37H44N8. The van der Waals surface area contributed by atoms with Gasteiger partial charge in [-0.05, 0) is 55.7 Å². The normalized spacial score (nSPS) is 14.5.